The normalized spacial score (nSPS) is 13.8. The molecule has 4 aromatic rings. The van der Waals surface area contributed by atoms with Gasteiger partial charge in [-0.2, -0.15) is 0 Å². The Morgan fingerprint density at radius 1 is 0.884 bits per heavy atom. The van der Waals surface area contributed by atoms with Crippen molar-refractivity contribution < 1.29 is 19.1 Å². The van der Waals surface area contributed by atoms with Crippen molar-refractivity contribution in [1.29, 1.82) is 0 Å². The summed E-state index contributed by atoms with van der Waals surface area (Å²) in [7, 11) is 3.22. The summed E-state index contributed by atoms with van der Waals surface area (Å²) in [4.78, 5) is 32.7. The van der Waals surface area contributed by atoms with Gasteiger partial charge in [0.2, 0.25) is 5.91 Å². The maximum Gasteiger partial charge on any atom is 0.254 e. The van der Waals surface area contributed by atoms with Crippen LogP contribution in [0.4, 0.5) is 5.82 Å². The summed E-state index contributed by atoms with van der Waals surface area (Å²) >= 11 is 6.05. The first-order valence-corrected chi connectivity index (χ1v) is 14.5. The number of nitrogens with zero attached hydrogens (tertiary/aromatic N) is 5. The first-order chi connectivity index (χ1) is 20.9. The van der Waals surface area contributed by atoms with E-state index in [2.05, 4.69) is 15.1 Å². The van der Waals surface area contributed by atoms with E-state index in [4.69, 9.17) is 21.1 Å². The van der Waals surface area contributed by atoms with Crippen molar-refractivity contribution in [2.75, 3.05) is 51.8 Å². The van der Waals surface area contributed by atoms with E-state index in [1.54, 1.807) is 48.3 Å². The van der Waals surface area contributed by atoms with Crippen LogP contribution in [0.3, 0.4) is 0 Å². The lowest BCUT2D eigenvalue weighted by molar-refractivity contribution is -0.132. The Bertz CT molecular complexity index is 1540. The smallest absolute Gasteiger partial charge is 0.254 e. The highest BCUT2D eigenvalue weighted by Gasteiger charge is 2.29. The van der Waals surface area contributed by atoms with Gasteiger partial charge in [0.25, 0.3) is 5.91 Å². The highest BCUT2D eigenvalue weighted by atomic mass is 35.5. The van der Waals surface area contributed by atoms with Crippen molar-refractivity contribution >= 4 is 29.2 Å². The van der Waals surface area contributed by atoms with Crippen LogP contribution in [0.5, 0.6) is 11.5 Å². The van der Waals surface area contributed by atoms with Crippen molar-refractivity contribution in [3.8, 4) is 22.8 Å². The number of carbonyl (C=O) groups is 2. The van der Waals surface area contributed by atoms with Gasteiger partial charge in [-0.25, -0.2) is 0 Å². The van der Waals surface area contributed by atoms with Gasteiger partial charge >= 0.3 is 0 Å². The molecule has 9 nitrogen and oxygen atoms in total. The van der Waals surface area contributed by atoms with Crippen LogP contribution < -0.4 is 14.4 Å². The second kappa shape index (κ2) is 13.6. The third-order valence-electron chi connectivity index (χ3n) is 7.70. The van der Waals surface area contributed by atoms with Crippen LogP contribution in [0.25, 0.3) is 11.3 Å². The number of hydrogen-bond acceptors (Lipinski definition) is 7. The van der Waals surface area contributed by atoms with Gasteiger partial charge in [0.05, 0.1) is 26.0 Å². The molecule has 2 heterocycles. The molecule has 43 heavy (non-hydrogen) atoms. The van der Waals surface area contributed by atoms with Gasteiger partial charge < -0.3 is 24.2 Å². The maximum absolute atomic E-state index is 13.6. The van der Waals surface area contributed by atoms with Crippen LogP contribution in [0, 0.1) is 0 Å². The standard InChI is InChI=1S/C33H34ClN5O4/c1-23(24-7-5-4-6-8-24)39(33(41)25-9-11-26(34)12-10-25)22-32(40)38-19-17-37(18-20-38)31-16-15-29(35-36-31)28-14-13-27(42-2)21-30(28)43-3/h4-16,21,23H,17-20,22H2,1-3H3/t23-/m1/s1. The number of rotatable bonds is 9. The zero-order valence-corrected chi connectivity index (χ0v) is 25.2. The van der Waals surface area contributed by atoms with Crippen LogP contribution in [0.15, 0.2) is 84.9 Å². The Morgan fingerprint density at radius 3 is 2.23 bits per heavy atom. The maximum atomic E-state index is 13.6. The molecule has 222 valence electrons. The third kappa shape index (κ3) is 6.89. The number of carbonyl (C=O) groups excluding carboxylic acids is 2. The van der Waals surface area contributed by atoms with Gasteiger partial charge in [0.15, 0.2) is 5.82 Å². The zero-order valence-electron chi connectivity index (χ0n) is 24.4. The Balaban J connectivity index is 1.25. The Labute approximate surface area is 256 Å². The minimum Gasteiger partial charge on any atom is -0.497 e. The zero-order chi connectivity index (χ0) is 30.3. The van der Waals surface area contributed by atoms with Crippen LogP contribution in [-0.4, -0.2) is 78.8 Å². The lowest BCUT2D eigenvalue weighted by atomic mass is 10.1. The summed E-state index contributed by atoms with van der Waals surface area (Å²) in [5.74, 6) is 1.77. The lowest BCUT2D eigenvalue weighted by Crippen LogP contribution is -2.52. The number of aromatic nitrogens is 2. The fourth-order valence-electron chi connectivity index (χ4n) is 5.13. The molecular formula is C33H34ClN5O4. The molecule has 1 saturated heterocycles. The molecule has 0 N–H and O–H groups in total. The Kier molecular flexibility index (Phi) is 9.41. The molecule has 0 saturated carbocycles. The molecule has 1 aliphatic rings. The lowest BCUT2D eigenvalue weighted by Gasteiger charge is -2.37. The highest BCUT2D eigenvalue weighted by molar-refractivity contribution is 6.30. The summed E-state index contributed by atoms with van der Waals surface area (Å²) in [6, 6.07) is 25.6. The summed E-state index contributed by atoms with van der Waals surface area (Å²) in [6.07, 6.45) is 0. The van der Waals surface area contributed by atoms with Gasteiger partial charge in [-0.15, -0.1) is 10.2 Å². The molecule has 1 aromatic heterocycles. The number of amides is 2. The predicted octanol–water partition coefficient (Wildman–Crippen LogP) is 5.37. The molecule has 0 aliphatic carbocycles. The molecule has 1 fully saturated rings. The quantitative estimate of drug-likeness (QED) is 0.256. The monoisotopic (exact) mass is 599 g/mol. The fraction of sp³-hybridized carbons (Fsp3) is 0.273. The largest absolute Gasteiger partial charge is 0.497 e. The van der Waals surface area contributed by atoms with Gasteiger partial charge in [-0.1, -0.05) is 41.9 Å². The van der Waals surface area contributed by atoms with Gasteiger partial charge in [0.1, 0.15) is 18.0 Å². The third-order valence-corrected chi connectivity index (χ3v) is 7.95. The first-order valence-electron chi connectivity index (χ1n) is 14.1. The first kappa shape index (κ1) is 29.8. The molecule has 5 rings (SSSR count). The number of ether oxygens (including phenoxy) is 2. The minimum absolute atomic E-state index is 0.0320. The van der Waals surface area contributed by atoms with Gasteiger partial charge in [-0.3, -0.25) is 9.59 Å². The molecule has 2 amide bonds. The van der Waals surface area contributed by atoms with Crippen molar-refractivity contribution in [2.24, 2.45) is 0 Å². The fourth-order valence-corrected chi connectivity index (χ4v) is 5.26. The molecule has 1 atom stereocenters. The number of piperazine rings is 1. The highest BCUT2D eigenvalue weighted by Crippen LogP contribution is 2.32. The van der Waals surface area contributed by atoms with Crippen LogP contribution in [0.1, 0.15) is 28.9 Å². The second-order valence-corrected chi connectivity index (χ2v) is 10.7. The molecule has 10 heteroatoms. The van der Waals surface area contributed by atoms with Crippen LogP contribution >= 0.6 is 11.6 Å². The molecule has 1 aliphatic heterocycles. The van der Waals surface area contributed by atoms with Crippen LogP contribution in [0.2, 0.25) is 5.02 Å². The average molecular weight is 600 g/mol. The Hall–Kier alpha value is -4.63. The van der Waals surface area contributed by atoms with E-state index in [9.17, 15) is 9.59 Å². The Morgan fingerprint density at radius 2 is 1.60 bits per heavy atom. The van der Waals surface area contributed by atoms with Crippen molar-refractivity contribution in [3.63, 3.8) is 0 Å². The van der Waals surface area contributed by atoms with E-state index in [1.807, 2.05) is 67.6 Å². The second-order valence-electron chi connectivity index (χ2n) is 10.2. The van der Waals surface area contributed by atoms with E-state index in [1.165, 1.54) is 0 Å². The summed E-state index contributed by atoms with van der Waals surface area (Å²) in [5, 5.41) is 9.45. The molecule has 0 spiro atoms. The van der Waals surface area contributed by atoms with Crippen molar-refractivity contribution in [2.45, 2.75) is 13.0 Å². The number of halogens is 1. The predicted molar refractivity (Wildman–Crippen MR) is 167 cm³/mol. The van der Waals surface area contributed by atoms with E-state index in [0.717, 1.165) is 16.9 Å². The number of anilines is 1. The van der Waals surface area contributed by atoms with Crippen molar-refractivity contribution in [3.05, 3.63) is 101 Å². The van der Waals surface area contributed by atoms with Crippen LogP contribution in [-0.2, 0) is 4.79 Å². The van der Waals surface area contributed by atoms with Gasteiger partial charge in [0, 0.05) is 48.4 Å². The van der Waals surface area contributed by atoms with E-state index in [-0.39, 0.29) is 24.4 Å². The molecule has 0 bridgehead atoms. The summed E-state index contributed by atoms with van der Waals surface area (Å²) in [5.41, 5.74) is 2.95. The molecular weight excluding hydrogens is 566 g/mol. The summed E-state index contributed by atoms with van der Waals surface area (Å²) in [6.45, 7) is 4.14. The minimum atomic E-state index is -0.298. The number of hydrogen-bond donors (Lipinski definition) is 0. The number of methoxy groups -OCH3 is 2. The molecule has 0 unspecified atom stereocenters. The van der Waals surface area contributed by atoms with E-state index < -0.39 is 0 Å². The topological polar surface area (TPSA) is 88.1 Å². The van der Waals surface area contributed by atoms with Crippen molar-refractivity contribution in [1.82, 2.24) is 20.0 Å². The molecule has 3 aromatic carbocycles. The SMILES string of the molecule is COc1ccc(-c2ccc(N3CCN(C(=O)CN(C(=O)c4ccc(Cl)cc4)[C@H](C)c4ccccc4)CC3)nn2)c(OC)c1. The van der Waals surface area contributed by atoms with E-state index >= 15 is 0 Å². The van der Waals surface area contributed by atoms with E-state index in [0.29, 0.717) is 54.0 Å². The summed E-state index contributed by atoms with van der Waals surface area (Å²) < 4.78 is 10.8. The average Bonchev–Trinajstić information content (AvgIpc) is 3.07. The molecule has 0 radical (unpaired) electrons. The van der Waals surface area contributed by atoms with Gasteiger partial charge in [-0.05, 0) is 61.0 Å². The number of benzene rings is 3.